The van der Waals surface area contributed by atoms with Crippen LogP contribution in [-0.4, -0.2) is 21.9 Å². The van der Waals surface area contributed by atoms with Crippen LogP contribution >= 0.6 is 11.8 Å². The summed E-state index contributed by atoms with van der Waals surface area (Å²) in [6.45, 7) is 4.17. The molecule has 0 aliphatic heterocycles. The average molecular weight is 369 g/mol. The fraction of sp³-hybridized carbons (Fsp3) is 0.211. The lowest BCUT2D eigenvalue weighted by atomic mass is 10.1. The number of aryl methyl sites for hydroxylation is 2. The van der Waals surface area contributed by atoms with E-state index in [4.69, 9.17) is 9.15 Å². The number of hydrogen-bond acceptors (Lipinski definition) is 6. The predicted molar refractivity (Wildman–Crippen MR) is 100 cm³/mol. The van der Waals surface area contributed by atoms with E-state index in [0.717, 1.165) is 22.6 Å². The Morgan fingerprint density at radius 1 is 1.08 bits per heavy atom. The Kier molecular flexibility index (Phi) is 5.91. The first-order valence-electron chi connectivity index (χ1n) is 8.11. The van der Waals surface area contributed by atoms with Crippen LogP contribution in [0.1, 0.15) is 17.0 Å². The van der Waals surface area contributed by atoms with Crippen molar-refractivity contribution in [2.75, 3.05) is 11.1 Å². The van der Waals surface area contributed by atoms with Crippen LogP contribution in [0.2, 0.25) is 0 Å². The number of carbonyl (C=O) groups is 1. The maximum absolute atomic E-state index is 11.9. The van der Waals surface area contributed by atoms with E-state index in [1.54, 1.807) is 0 Å². The van der Waals surface area contributed by atoms with E-state index >= 15 is 0 Å². The lowest BCUT2D eigenvalue weighted by molar-refractivity contribution is -0.113. The molecule has 1 N–H and O–H groups in total. The topological polar surface area (TPSA) is 77.2 Å². The van der Waals surface area contributed by atoms with E-state index in [0.29, 0.717) is 11.1 Å². The number of carbonyl (C=O) groups excluding carboxylic acids is 1. The Morgan fingerprint density at radius 2 is 1.81 bits per heavy atom. The van der Waals surface area contributed by atoms with Gasteiger partial charge in [-0.2, -0.15) is 0 Å². The summed E-state index contributed by atoms with van der Waals surface area (Å²) in [5.74, 6) is 1.25. The van der Waals surface area contributed by atoms with Gasteiger partial charge < -0.3 is 14.5 Å². The van der Waals surface area contributed by atoms with Crippen LogP contribution in [-0.2, 0) is 11.4 Å². The molecule has 0 unspecified atom stereocenters. The summed E-state index contributed by atoms with van der Waals surface area (Å²) in [5.41, 5.74) is 2.86. The smallest absolute Gasteiger partial charge is 0.277 e. The molecule has 0 radical (unpaired) electrons. The van der Waals surface area contributed by atoms with Gasteiger partial charge in [0.1, 0.15) is 5.75 Å². The Bertz CT molecular complexity index is 860. The zero-order valence-corrected chi connectivity index (χ0v) is 15.4. The number of rotatable bonds is 7. The third kappa shape index (κ3) is 4.86. The predicted octanol–water partition coefficient (Wildman–Crippen LogP) is 4.00. The van der Waals surface area contributed by atoms with Gasteiger partial charge in [0.05, 0.1) is 5.75 Å². The molecular weight excluding hydrogens is 350 g/mol. The second-order valence-electron chi connectivity index (χ2n) is 5.67. The van der Waals surface area contributed by atoms with Crippen molar-refractivity contribution in [1.82, 2.24) is 10.2 Å². The molecule has 1 amide bonds. The average Bonchev–Trinajstić information content (AvgIpc) is 3.08. The van der Waals surface area contributed by atoms with Crippen molar-refractivity contribution >= 4 is 23.4 Å². The zero-order valence-electron chi connectivity index (χ0n) is 14.6. The highest BCUT2D eigenvalue weighted by molar-refractivity contribution is 7.99. The number of hydrogen-bond donors (Lipinski definition) is 1. The van der Waals surface area contributed by atoms with Crippen molar-refractivity contribution < 1.29 is 13.9 Å². The van der Waals surface area contributed by atoms with Crippen LogP contribution < -0.4 is 10.1 Å². The van der Waals surface area contributed by atoms with Gasteiger partial charge in [-0.1, -0.05) is 48.2 Å². The summed E-state index contributed by atoms with van der Waals surface area (Å²) >= 11 is 1.19. The molecule has 2 aromatic carbocycles. The number of anilines is 1. The molecule has 134 valence electrons. The maximum Gasteiger partial charge on any atom is 0.277 e. The van der Waals surface area contributed by atoms with Crippen molar-refractivity contribution in [1.29, 1.82) is 0 Å². The van der Waals surface area contributed by atoms with E-state index < -0.39 is 0 Å². The fourth-order valence-corrected chi connectivity index (χ4v) is 2.94. The largest absolute Gasteiger partial charge is 0.483 e. The lowest BCUT2D eigenvalue weighted by Crippen LogP contribution is -2.13. The van der Waals surface area contributed by atoms with Crippen molar-refractivity contribution in [3.8, 4) is 5.75 Å². The highest BCUT2D eigenvalue weighted by Crippen LogP contribution is 2.24. The monoisotopic (exact) mass is 369 g/mol. The van der Waals surface area contributed by atoms with Crippen LogP contribution in [0.4, 0.5) is 5.69 Å². The minimum Gasteiger partial charge on any atom is -0.483 e. The summed E-state index contributed by atoms with van der Waals surface area (Å²) in [6, 6.07) is 15.2. The van der Waals surface area contributed by atoms with Crippen LogP contribution in [0, 0.1) is 13.8 Å². The molecule has 26 heavy (non-hydrogen) atoms. The van der Waals surface area contributed by atoms with Crippen molar-refractivity contribution in [2.45, 2.75) is 25.7 Å². The molecule has 6 nitrogen and oxygen atoms in total. The SMILES string of the molecule is Cc1cccc(C)c1OCc1nnc(SCC(=O)Nc2ccccc2)o1. The van der Waals surface area contributed by atoms with E-state index in [9.17, 15) is 4.79 Å². The lowest BCUT2D eigenvalue weighted by Gasteiger charge is -2.09. The van der Waals surface area contributed by atoms with Crippen LogP contribution in [0.15, 0.2) is 58.2 Å². The molecule has 3 aromatic rings. The van der Waals surface area contributed by atoms with Crippen LogP contribution in [0.25, 0.3) is 0 Å². The molecule has 0 bridgehead atoms. The van der Waals surface area contributed by atoms with Gasteiger partial charge in [-0.25, -0.2) is 0 Å². The van der Waals surface area contributed by atoms with Gasteiger partial charge in [-0.3, -0.25) is 4.79 Å². The minimum absolute atomic E-state index is 0.132. The first-order chi connectivity index (χ1) is 12.6. The van der Waals surface area contributed by atoms with Gasteiger partial charge in [-0.15, -0.1) is 10.2 Å². The number of amides is 1. The molecule has 3 rings (SSSR count). The number of benzene rings is 2. The molecule has 1 heterocycles. The Balaban J connectivity index is 1.49. The maximum atomic E-state index is 11.9. The second kappa shape index (κ2) is 8.53. The molecule has 0 saturated carbocycles. The van der Waals surface area contributed by atoms with Gasteiger partial charge in [-0.05, 0) is 37.1 Å². The summed E-state index contributed by atoms with van der Waals surface area (Å²) in [5, 5.41) is 11.0. The third-order valence-corrected chi connectivity index (χ3v) is 4.40. The number of thioether (sulfide) groups is 1. The molecule has 0 aliphatic carbocycles. The van der Waals surface area contributed by atoms with Gasteiger partial charge >= 0.3 is 0 Å². The van der Waals surface area contributed by atoms with Crippen molar-refractivity contribution in [3.05, 3.63) is 65.5 Å². The molecule has 0 saturated heterocycles. The molecule has 0 fully saturated rings. The van der Waals surface area contributed by atoms with Gasteiger partial charge in [0.2, 0.25) is 5.91 Å². The first kappa shape index (κ1) is 18.0. The van der Waals surface area contributed by atoms with Crippen molar-refractivity contribution in [3.63, 3.8) is 0 Å². The molecule has 0 aliphatic rings. The fourth-order valence-electron chi connectivity index (χ4n) is 2.36. The molecular formula is C19H19N3O3S. The van der Waals surface area contributed by atoms with Crippen LogP contribution in [0.3, 0.4) is 0 Å². The summed E-state index contributed by atoms with van der Waals surface area (Å²) in [6.07, 6.45) is 0. The quantitative estimate of drug-likeness (QED) is 0.635. The number of nitrogens with one attached hydrogen (secondary N) is 1. The van der Waals surface area contributed by atoms with E-state index in [1.165, 1.54) is 11.8 Å². The van der Waals surface area contributed by atoms with Gasteiger partial charge in [0, 0.05) is 5.69 Å². The second-order valence-corrected chi connectivity index (χ2v) is 6.60. The van der Waals surface area contributed by atoms with Gasteiger partial charge in [0.25, 0.3) is 11.1 Å². The molecule has 0 atom stereocenters. The van der Waals surface area contributed by atoms with E-state index in [1.807, 2.05) is 62.4 Å². The van der Waals surface area contributed by atoms with Gasteiger partial charge in [0.15, 0.2) is 6.61 Å². The summed E-state index contributed by atoms with van der Waals surface area (Å²) < 4.78 is 11.3. The summed E-state index contributed by atoms with van der Waals surface area (Å²) in [4.78, 5) is 11.9. The minimum atomic E-state index is -0.132. The first-order valence-corrected chi connectivity index (χ1v) is 9.09. The number of aromatic nitrogens is 2. The molecule has 0 spiro atoms. The van der Waals surface area contributed by atoms with Crippen LogP contribution in [0.5, 0.6) is 5.75 Å². The molecule has 7 heteroatoms. The zero-order chi connectivity index (χ0) is 18.4. The molecule has 1 aromatic heterocycles. The van der Waals surface area contributed by atoms with Crippen molar-refractivity contribution in [2.24, 2.45) is 0 Å². The normalized spacial score (nSPS) is 10.5. The Labute approximate surface area is 156 Å². The standard InChI is InChI=1S/C19H19N3O3S/c1-13-7-6-8-14(2)18(13)24-11-17-21-22-19(25-17)26-12-16(23)20-15-9-4-3-5-10-15/h3-10H,11-12H2,1-2H3,(H,20,23). The Hall–Kier alpha value is -2.80. The highest BCUT2D eigenvalue weighted by atomic mass is 32.2. The number of para-hydroxylation sites is 2. The Morgan fingerprint density at radius 3 is 2.54 bits per heavy atom. The summed E-state index contributed by atoms with van der Waals surface area (Å²) in [7, 11) is 0. The third-order valence-electron chi connectivity index (χ3n) is 3.58. The highest BCUT2D eigenvalue weighted by Gasteiger charge is 2.11. The van der Waals surface area contributed by atoms with E-state index in [-0.39, 0.29) is 18.3 Å². The number of nitrogens with zero attached hydrogens (tertiary/aromatic N) is 2. The van der Waals surface area contributed by atoms with E-state index in [2.05, 4.69) is 15.5 Å². The number of ether oxygens (including phenoxy) is 1.